The van der Waals surface area contributed by atoms with Crippen molar-refractivity contribution < 1.29 is 0 Å². The second kappa shape index (κ2) is 9.29. The van der Waals surface area contributed by atoms with Crippen LogP contribution in [0, 0.1) is 0 Å². The van der Waals surface area contributed by atoms with Gasteiger partial charge in [0.2, 0.25) is 0 Å². The summed E-state index contributed by atoms with van der Waals surface area (Å²) in [4.78, 5) is 0. The Morgan fingerprint density at radius 3 is 1.25 bits per heavy atom. The minimum absolute atomic E-state index is 0.853. The number of nitrogens with zero attached hydrogens (tertiary/aromatic N) is 2. The molecule has 0 aliphatic rings. The van der Waals surface area contributed by atoms with Gasteiger partial charge in [-0.1, -0.05) is 97.1 Å². The predicted molar refractivity (Wildman–Crippen MR) is 169 cm³/mol. The molecule has 0 spiro atoms. The van der Waals surface area contributed by atoms with E-state index >= 15 is 0 Å². The van der Waals surface area contributed by atoms with Crippen molar-refractivity contribution >= 4 is 43.4 Å². The number of rotatable bonds is 5. The van der Waals surface area contributed by atoms with Crippen molar-refractivity contribution in [2.75, 3.05) is 0 Å². The minimum Gasteiger partial charge on any atom is -0.343 e. The highest BCUT2D eigenvalue weighted by Gasteiger charge is 2.09. The summed E-state index contributed by atoms with van der Waals surface area (Å²) in [5, 5.41) is 7.68. The van der Waals surface area contributed by atoms with Gasteiger partial charge < -0.3 is 9.13 Å². The van der Waals surface area contributed by atoms with E-state index in [1.54, 1.807) is 0 Å². The van der Waals surface area contributed by atoms with Gasteiger partial charge in [0.05, 0.1) is 0 Å². The van der Waals surface area contributed by atoms with Gasteiger partial charge in [-0.05, 0) is 91.0 Å². The molecule has 0 aliphatic carbocycles. The molecule has 0 N–H and O–H groups in total. The van der Waals surface area contributed by atoms with E-state index in [0.29, 0.717) is 0 Å². The summed E-state index contributed by atoms with van der Waals surface area (Å²) in [5.41, 5.74) is 7.64. The van der Waals surface area contributed by atoms with Gasteiger partial charge in [0.15, 0.2) is 0 Å². The van der Waals surface area contributed by atoms with Gasteiger partial charge in [-0.2, -0.15) is 0 Å². The molecule has 2 aromatic heterocycles. The van der Waals surface area contributed by atoms with Crippen molar-refractivity contribution in [3.63, 3.8) is 0 Å². The Kier molecular flexibility index (Phi) is 5.31. The fourth-order valence-electron chi connectivity index (χ4n) is 6.07. The van der Waals surface area contributed by atoms with E-state index in [1.807, 2.05) is 0 Å². The first kappa shape index (κ1) is 22.9. The Bertz CT molecular complexity index is 2020. The summed E-state index contributed by atoms with van der Waals surface area (Å²) >= 11 is 0. The lowest BCUT2D eigenvalue weighted by Crippen LogP contribution is -1.98. The van der Waals surface area contributed by atoms with Crippen molar-refractivity contribution in [1.29, 1.82) is 0 Å². The molecule has 0 fully saturated rings. The topological polar surface area (TPSA) is 9.86 Å². The molecule has 40 heavy (non-hydrogen) atoms. The van der Waals surface area contributed by atoms with E-state index in [-0.39, 0.29) is 0 Å². The predicted octanol–water partition coefficient (Wildman–Crippen LogP) is 9.67. The number of hydrogen-bond acceptors (Lipinski definition) is 0. The first-order valence-electron chi connectivity index (χ1n) is 13.9. The van der Waals surface area contributed by atoms with E-state index in [2.05, 4.69) is 155 Å². The molecule has 0 aliphatic heterocycles. The first-order valence-corrected chi connectivity index (χ1v) is 13.9. The minimum atomic E-state index is 0.853. The quantitative estimate of drug-likeness (QED) is 0.217. The van der Waals surface area contributed by atoms with Crippen LogP contribution in [0.3, 0.4) is 0 Å². The maximum Gasteiger partial charge on any atom is 0.0489 e. The molecule has 8 rings (SSSR count). The third kappa shape index (κ3) is 4.06. The average molecular weight is 513 g/mol. The molecule has 8 aromatic rings. The maximum absolute atomic E-state index is 2.36. The molecule has 0 bridgehead atoms. The van der Waals surface area contributed by atoms with Crippen LogP contribution in [0.4, 0.5) is 0 Å². The highest BCUT2D eigenvalue weighted by Crippen LogP contribution is 2.30. The third-order valence-electron chi connectivity index (χ3n) is 8.21. The molecule has 0 saturated heterocycles. The summed E-state index contributed by atoms with van der Waals surface area (Å²) in [6.07, 6.45) is 4.42. The van der Waals surface area contributed by atoms with Crippen LogP contribution in [0.2, 0.25) is 0 Å². The van der Waals surface area contributed by atoms with Crippen LogP contribution in [0.5, 0.6) is 0 Å². The maximum atomic E-state index is 2.36. The molecule has 6 aromatic carbocycles. The Hall–Kier alpha value is -5.08. The molecular formula is C38H28N2. The van der Waals surface area contributed by atoms with Gasteiger partial charge in [0.1, 0.15) is 0 Å². The molecule has 0 saturated carbocycles. The Labute approximate surface area is 233 Å². The molecule has 2 heteroatoms. The van der Waals surface area contributed by atoms with E-state index in [1.165, 1.54) is 65.6 Å². The zero-order chi connectivity index (χ0) is 26.5. The van der Waals surface area contributed by atoms with E-state index in [4.69, 9.17) is 0 Å². The fourth-order valence-corrected chi connectivity index (χ4v) is 6.07. The average Bonchev–Trinajstić information content (AvgIpc) is 3.60. The van der Waals surface area contributed by atoms with E-state index in [0.717, 1.165) is 13.1 Å². The van der Waals surface area contributed by atoms with Gasteiger partial charge in [-0.15, -0.1) is 0 Å². The monoisotopic (exact) mass is 512 g/mol. The first-order chi connectivity index (χ1) is 19.8. The Morgan fingerprint density at radius 1 is 0.350 bits per heavy atom. The van der Waals surface area contributed by atoms with Crippen molar-refractivity contribution in [2.45, 2.75) is 13.1 Å². The molecule has 0 unspecified atom stereocenters. The zero-order valence-corrected chi connectivity index (χ0v) is 22.2. The highest BCUT2D eigenvalue weighted by atomic mass is 15.0. The third-order valence-corrected chi connectivity index (χ3v) is 8.21. The lowest BCUT2D eigenvalue weighted by molar-refractivity contribution is 0.838. The molecule has 2 nitrogen and oxygen atoms in total. The van der Waals surface area contributed by atoms with Crippen LogP contribution in [0.25, 0.3) is 54.5 Å². The zero-order valence-electron chi connectivity index (χ0n) is 22.2. The van der Waals surface area contributed by atoms with E-state index in [9.17, 15) is 0 Å². The normalized spacial score (nSPS) is 11.7. The van der Waals surface area contributed by atoms with Crippen molar-refractivity contribution in [1.82, 2.24) is 9.13 Å². The van der Waals surface area contributed by atoms with Crippen molar-refractivity contribution in [2.24, 2.45) is 0 Å². The van der Waals surface area contributed by atoms with Gasteiger partial charge in [0.25, 0.3) is 0 Å². The molecule has 2 heterocycles. The SMILES string of the molecule is c1ccc2cc(Cn3ccc4ccc(-c5ccc6ccn(Cc7ccc8ccccc8c7)c6c5)cc43)ccc2c1. The van der Waals surface area contributed by atoms with Gasteiger partial charge in [-0.3, -0.25) is 0 Å². The van der Waals surface area contributed by atoms with Crippen LogP contribution < -0.4 is 0 Å². The number of benzene rings is 6. The standard InChI is InChI=1S/C38H28N2/c1-3-7-33-21-27(9-11-29(33)5-1)25-39-19-17-31-13-15-35(23-37(31)39)36-16-14-32-18-20-40(38(32)24-36)26-28-10-12-30-6-2-4-8-34(30)22-28/h1-24H,25-26H2. The van der Waals surface area contributed by atoms with Crippen LogP contribution in [0.1, 0.15) is 11.1 Å². The molecule has 0 amide bonds. The summed E-state index contributed by atoms with van der Waals surface area (Å²) < 4.78 is 4.73. The Morgan fingerprint density at radius 2 is 0.775 bits per heavy atom. The summed E-state index contributed by atoms with van der Waals surface area (Å²) in [7, 11) is 0. The summed E-state index contributed by atoms with van der Waals surface area (Å²) in [5.74, 6) is 0. The lowest BCUT2D eigenvalue weighted by Gasteiger charge is -2.10. The van der Waals surface area contributed by atoms with Crippen LogP contribution in [0.15, 0.2) is 146 Å². The number of aromatic nitrogens is 2. The van der Waals surface area contributed by atoms with E-state index < -0.39 is 0 Å². The van der Waals surface area contributed by atoms with Crippen molar-refractivity contribution in [3.8, 4) is 11.1 Å². The second-order valence-electron chi connectivity index (χ2n) is 10.8. The van der Waals surface area contributed by atoms with Gasteiger partial charge in [0, 0.05) is 36.5 Å². The summed E-state index contributed by atoms with van der Waals surface area (Å²) in [6, 6.07) is 48.8. The van der Waals surface area contributed by atoms with Crippen molar-refractivity contribution in [3.05, 3.63) is 157 Å². The van der Waals surface area contributed by atoms with Crippen LogP contribution >= 0.6 is 0 Å². The molecular weight excluding hydrogens is 484 g/mol. The number of hydrogen-bond donors (Lipinski definition) is 0. The smallest absolute Gasteiger partial charge is 0.0489 e. The second-order valence-corrected chi connectivity index (χ2v) is 10.8. The molecule has 0 radical (unpaired) electrons. The largest absolute Gasteiger partial charge is 0.343 e. The molecule has 0 atom stereocenters. The van der Waals surface area contributed by atoms with Gasteiger partial charge in [-0.25, -0.2) is 0 Å². The summed E-state index contributed by atoms with van der Waals surface area (Å²) in [6.45, 7) is 1.71. The highest BCUT2D eigenvalue weighted by molar-refractivity contribution is 5.90. The number of fused-ring (bicyclic) bond motifs is 4. The van der Waals surface area contributed by atoms with Crippen LogP contribution in [-0.4, -0.2) is 9.13 Å². The molecule has 190 valence electrons. The lowest BCUT2D eigenvalue weighted by atomic mass is 10.0. The van der Waals surface area contributed by atoms with Crippen LogP contribution in [-0.2, 0) is 13.1 Å². The Balaban J connectivity index is 1.13. The van der Waals surface area contributed by atoms with Gasteiger partial charge >= 0.3 is 0 Å². The fraction of sp³-hybridized carbons (Fsp3) is 0.0526.